The van der Waals surface area contributed by atoms with Gasteiger partial charge in [-0.2, -0.15) is 4.57 Å². The number of allylic oxidation sites excluding steroid dienone is 4. The number of anilines is 1. The number of para-hydroxylation sites is 2. The summed E-state index contributed by atoms with van der Waals surface area (Å²) in [4.78, 5) is 3.77. The van der Waals surface area contributed by atoms with Crippen LogP contribution >= 0.6 is 23.1 Å². The van der Waals surface area contributed by atoms with Gasteiger partial charge in [0.05, 0.1) is 10.7 Å². The molecule has 4 rings (SSSR count). The van der Waals surface area contributed by atoms with Crippen molar-refractivity contribution in [3.63, 3.8) is 0 Å². The summed E-state index contributed by atoms with van der Waals surface area (Å²) >= 11 is 3.72. The van der Waals surface area contributed by atoms with E-state index in [1.165, 1.54) is 30.8 Å². The number of benzene rings is 2. The summed E-state index contributed by atoms with van der Waals surface area (Å²) in [7, 11) is -4.94. The van der Waals surface area contributed by atoms with Crippen LogP contribution in [0.15, 0.2) is 82.8 Å². The van der Waals surface area contributed by atoms with Gasteiger partial charge in [0.15, 0.2) is 0 Å². The average molecular weight is 519 g/mol. The quantitative estimate of drug-likeness (QED) is 0.351. The van der Waals surface area contributed by atoms with Gasteiger partial charge in [0.25, 0.3) is 5.01 Å². The van der Waals surface area contributed by atoms with Gasteiger partial charge in [-0.15, -0.1) is 10.2 Å². The molecule has 0 aliphatic carbocycles. The molecule has 0 unspecified atom stereocenters. The molecule has 1 aliphatic rings. The van der Waals surface area contributed by atoms with Crippen molar-refractivity contribution in [1.29, 1.82) is 0 Å². The van der Waals surface area contributed by atoms with Crippen LogP contribution in [0.5, 0.6) is 0 Å². The van der Waals surface area contributed by atoms with Crippen LogP contribution in [0, 0.1) is 10.2 Å². The molecule has 9 heteroatoms. The maximum atomic E-state index is 8.49. The Kier molecular flexibility index (Phi) is 9.73. The molecule has 3 aromatic rings. The summed E-state index contributed by atoms with van der Waals surface area (Å²) in [5.41, 5.74) is 2.67. The van der Waals surface area contributed by atoms with E-state index in [4.69, 9.17) is 18.6 Å². The van der Waals surface area contributed by atoms with Gasteiger partial charge in [-0.3, -0.25) is 0 Å². The Bertz CT molecular complexity index is 1180. The van der Waals surface area contributed by atoms with E-state index in [9.17, 15) is 0 Å². The van der Waals surface area contributed by atoms with Crippen molar-refractivity contribution in [2.75, 3.05) is 11.4 Å². The fraction of sp³-hybridized carbons (Fsp3) is 0.240. The van der Waals surface area contributed by atoms with Crippen molar-refractivity contribution in [3.05, 3.63) is 82.9 Å². The fourth-order valence-corrected chi connectivity index (χ4v) is 5.80. The van der Waals surface area contributed by atoms with Crippen molar-refractivity contribution >= 4 is 45.1 Å². The lowest BCUT2D eigenvalue weighted by molar-refractivity contribution is -2.00. The number of thioether (sulfide) groups is 1. The number of hydrogen-bond acceptors (Lipinski definition) is 7. The SMILES string of the molecule is CCCN1/C(=C/C=C/C=C/c2sc3ccccc3[n+]2CCC)Sc2ccccc21.[O-][Cl+3]([O-])([O-])[O-]. The smallest absolute Gasteiger partial charge is 0.262 e. The first-order chi connectivity index (χ1) is 16.3. The van der Waals surface area contributed by atoms with Gasteiger partial charge in [-0.25, -0.2) is 18.6 Å². The summed E-state index contributed by atoms with van der Waals surface area (Å²) in [6.45, 7) is 6.58. The van der Waals surface area contributed by atoms with Crippen molar-refractivity contribution < 1.29 is 33.4 Å². The third-order valence-corrected chi connectivity index (χ3v) is 7.13. The first-order valence-corrected chi connectivity index (χ1v) is 13.8. The molecule has 0 saturated heterocycles. The summed E-state index contributed by atoms with van der Waals surface area (Å²) in [5.74, 6) is 0. The lowest BCUT2D eigenvalue weighted by Crippen LogP contribution is -2.68. The standard InChI is InChI=1S/C25H27N2S2.ClHO4/c1-3-18-26-20-12-8-10-14-22(20)28-24(26)16-6-5-7-17-25-27(19-4-2)21-13-9-11-15-23(21)29-25;2-1(3,4)5/h5-17H,3-4,18-19H2,1-2H3;(H,2,3,4,5)/q+1;/p-1. The monoisotopic (exact) mass is 518 g/mol. The van der Waals surface area contributed by atoms with Crippen LogP contribution in [0.25, 0.3) is 16.3 Å². The van der Waals surface area contributed by atoms with Crippen LogP contribution < -0.4 is 28.1 Å². The lowest BCUT2D eigenvalue weighted by atomic mass is 10.3. The molecule has 0 radical (unpaired) electrons. The van der Waals surface area contributed by atoms with E-state index in [1.807, 2.05) is 23.1 Å². The third-order valence-electron chi connectivity index (χ3n) is 4.87. The summed E-state index contributed by atoms with van der Waals surface area (Å²) in [6, 6.07) is 17.3. The highest BCUT2D eigenvalue weighted by Gasteiger charge is 2.23. The molecule has 2 aromatic carbocycles. The Hall–Kier alpha value is -2.17. The van der Waals surface area contributed by atoms with Gasteiger partial charge in [-0.05, 0) is 30.7 Å². The highest BCUT2D eigenvalue weighted by Crippen LogP contribution is 2.45. The van der Waals surface area contributed by atoms with Crippen LogP contribution in [-0.4, -0.2) is 6.54 Å². The largest absolute Gasteiger partial charge is 0.335 e. The zero-order valence-corrected chi connectivity index (χ0v) is 21.4. The van der Waals surface area contributed by atoms with Crippen LogP contribution in [-0.2, 0) is 6.54 Å². The molecule has 0 atom stereocenters. The van der Waals surface area contributed by atoms with E-state index in [-0.39, 0.29) is 0 Å². The van der Waals surface area contributed by atoms with E-state index in [0.29, 0.717) is 0 Å². The number of aromatic nitrogens is 1. The molecule has 0 fully saturated rings. The predicted octanol–water partition coefficient (Wildman–Crippen LogP) is 2.28. The van der Waals surface area contributed by atoms with Gasteiger partial charge in [-0.1, -0.05) is 79.4 Å². The summed E-state index contributed by atoms with van der Waals surface area (Å²) in [5, 5.41) is 2.61. The van der Waals surface area contributed by atoms with E-state index < -0.39 is 10.2 Å². The highest BCUT2D eigenvalue weighted by atomic mass is 35.7. The van der Waals surface area contributed by atoms with Gasteiger partial charge in [0.2, 0.25) is 5.52 Å². The van der Waals surface area contributed by atoms with Crippen molar-refractivity contribution in [1.82, 2.24) is 0 Å². The summed E-state index contributed by atoms with van der Waals surface area (Å²) < 4.78 is 37.7. The van der Waals surface area contributed by atoms with Crippen molar-refractivity contribution in [2.24, 2.45) is 0 Å². The molecule has 0 saturated carbocycles. The molecule has 1 aliphatic heterocycles. The number of thiazole rings is 1. The number of aryl methyl sites for hydroxylation is 1. The second kappa shape index (κ2) is 12.5. The minimum atomic E-state index is -4.94. The molecule has 34 heavy (non-hydrogen) atoms. The molecule has 180 valence electrons. The van der Waals surface area contributed by atoms with E-state index >= 15 is 0 Å². The van der Waals surface area contributed by atoms with Gasteiger partial charge < -0.3 is 4.90 Å². The fourth-order valence-electron chi connectivity index (χ4n) is 3.60. The Morgan fingerprint density at radius 3 is 2.35 bits per heavy atom. The van der Waals surface area contributed by atoms with Crippen molar-refractivity contribution in [3.8, 4) is 0 Å². The molecule has 0 amide bonds. The second-order valence-corrected chi connectivity index (χ2v) is 10.3. The summed E-state index contributed by atoms with van der Waals surface area (Å²) in [6.07, 6.45) is 13.2. The molecule has 0 bridgehead atoms. The van der Waals surface area contributed by atoms with Crippen LogP contribution in [0.4, 0.5) is 5.69 Å². The average Bonchev–Trinajstić information content (AvgIpc) is 3.31. The number of fused-ring (bicyclic) bond motifs is 2. The zero-order chi connectivity index (χ0) is 24.6. The number of hydrogen-bond donors (Lipinski definition) is 0. The Morgan fingerprint density at radius 1 is 0.912 bits per heavy atom. The molecule has 1 aromatic heterocycles. The molecule has 0 N–H and O–H groups in total. The number of nitrogens with zero attached hydrogens (tertiary/aromatic N) is 2. The third kappa shape index (κ3) is 7.41. The lowest BCUT2D eigenvalue weighted by Gasteiger charge is -2.19. The van der Waals surface area contributed by atoms with E-state index in [0.717, 1.165) is 25.9 Å². The highest BCUT2D eigenvalue weighted by molar-refractivity contribution is 8.03. The first kappa shape index (κ1) is 26.4. The molecule has 2 heterocycles. The van der Waals surface area contributed by atoms with Crippen LogP contribution in [0.2, 0.25) is 0 Å². The molecular formula is C25H27ClN2O4S2. The topological polar surface area (TPSA) is 99.4 Å². The van der Waals surface area contributed by atoms with Crippen LogP contribution in [0.1, 0.15) is 31.7 Å². The molecule has 0 spiro atoms. The predicted molar refractivity (Wildman–Crippen MR) is 129 cm³/mol. The van der Waals surface area contributed by atoms with Gasteiger partial charge in [0.1, 0.15) is 11.2 Å². The first-order valence-electron chi connectivity index (χ1n) is 10.9. The van der Waals surface area contributed by atoms with E-state index in [2.05, 4.69) is 102 Å². The number of halogens is 1. The van der Waals surface area contributed by atoms with Gasteiger partial charge >= 0.3 is 0 Å². The zero-order valence-electron chi connectivity index (χ0n) is 19.1. The maximum absolute atomic E-state index is 8.49. The Morgan fingerprint density at radius 2 is 1.62 bits per heavy atom. The van der Waals surface area contributed by atoms with Gasteiger partial charge in [0, 0.05) is 30.0 Å². The molecule has 6 nitrogen and oxygen atoms in total. The minimum Gasteiger partial charge on any atom is -0.335 e. The number of rotatable bonds is 7. The maximum Gasteiger partial charge on any atom is 0.262 e. The van der Waals surface area contributed by atoms with Crippen LogP contribution in [0.3, 0.4) is 0 Å². The Balaban J connectivity index is 0.000000588. The minimum absolute atomic E-state index is 1.05. The molecular weight excluding hydrogens is 492 g/mol. The Labute approximate surface area is 210 Å². The van der Waals surface area contributed by atoms with Crippen molar-refractivity contribution in [2.45, 2.75) is 38.1 Å². The normalized spacial score (nSPS) is 14.9. The van der Waals surface area contributed by atoms with E-state index in [1.54, 1.807) is 0 Å². The second-order valence-electron chi connectivity index (χ2n) is 7.41.